The van der Waals surface area contributed by atoms with Gasteiger partial charge in [-0.15, -0.1) is 6.42 Å². The van der Waals surface area contributed by atoms with Gasteiger partial charge in [-0.2, -0.15) is 0 Å². The Balaban J connectivity index is 2.10. The van der Waals surface area contributed by atoms with E-state index in [1.807, 2.05) is 25.1 Å². The molecule has 0 bridgehead atoms. The van der Waals surface area contributed by atoms with Crippen LogP contribution in [0.1, 0.15) is 11.1 Å². The van der Waals surface area contributed by atoms with Gasteiger partial charge in [0.2, 0.25) is 0 Å². The van der Waals surface area contributed by atoms with Crippen LogP contribution in [0.5, 0.6) is 5.75 Å². The summed E-state index contributed by atoms with van der Waals surface area (Å²) in [4.78, 5) is 0. The van der Waals surface area contributed by atoms with Crippen LogP contribution in [0, 0.1) is 19.3 Å². The van der Waals surface area contributed by atoms with Gasteiger partial charge in [-0.1, -0.05) is 46.8 Å². The zero-order valence-electron chi connectivity index (χ0n) is 11.9. The fraction of sp³-hybridized carbons (Fsp3) is 0.176. The van der Waals surface area contributed by atoms with Gasteiger partial charge < -0.3 is 10.1 Å². The summed E-state index contributed by atoms with van der Waals surface area (Å²) in [5, 5.41) is 4.86. The van der Waals surface area contributed by atoms with Gasteiger partial charge in [-0.05, 0) is 42.3 Å². The highest BCUT2D eigenvalue weighted by molar-refractivity contribution is 6.37. The van der Waals surface area contributed by atoms with Gasteiger partial charge >= 0.3 is 0 Å². The minimum atomic E-state index is 0.124. The van der Waals surface area contributed by atoms with Crippen LogP contribution in [0.2, 0.25) is 15.1 Å². The summed E-state index contributed by atoms with van der Waals surface area (Å²) in [6, 6.07) is 9.39. The van der Waals surface area contributed by atoms with E-state index in [2.05, 4.69) is 11.2 Å². The van der Waals surface area contributed by atoms with Crippen LogP contribution >= 0.6 is 34.8 Å². The van der Waals surface area contributed by atoms with Crippen LogP contribution in [0.25, 0.3) is 0 Å². The first-order chi connectivity index (χ1) is 10.5. The van der Waals surface area contributed by atoms with Gasteiger partial charge in [-0.3, -0.25) is 0 Å². The minimum Gasteiger partial charge on any atom is -0.478 e. The van der Waals surface area contributed by atoms with Crippen molar-refractivity contribution in [3.05, 3.63) is 56.5 Å². The van der Waals surface area contributed by atoms with Crippen LogP contribution in [0.15, 0.2) is 30.3 Å². The maximum absolute atomic E-state index is 6.17. The predicted molar refractivity (Wildman–Crippen MR) is 94.3 cm³/mol. The summed E-state index contributed by atoms with van der Waals surface area (Å²) in [7, 11) is 0. The zero-order valence-corrected chi connectivity index (χ0v) is 14.2. The lowest BCUT2D eigenvalue weighted by atomic mass is 10.2. The first-order valence-corrected chi connectivity index (χ1v) is 7.69. The number of aryl methyl sites for hydroxylation is 1. The lowest BCUT2D eigenvalue weighted by Gasteiger charge is -2.12. The van der Waals surface area contributed by atoms with Crippen molar-refractivity contribution >= 4 is 40.5 Å². The third kappa shape index (κ3) is 4.24. The Morgan fingerprint density at radius 3 is 2.36 bits per heavy atom. The van der Waals surface area contributed by atoms with Gasteiger partial charge in [0.25, 0.3) is 0 Å². The number of nitrogens with one attached hydrogen (secondary N) is 1. The van der Waals surface area contributed by atoms with Crippen LogP contribution in [0.3, 0.4) is 0 Å². The average molecular weight is 355 g/mol. The number of hydrogen-bond donors (Lipinski definition) is 1. The molecule has 1 N–H and O–H groups in total. The molecule has 114 valence electrons. The Labute approximate surface area is 145 Å². The van der Waals surface area contributed by atoms with Crippen molar-refractivity contribution in [3.8, 4) is 18.1 Å². The van der Waals surface area contributed by atoms with Gasteiger partial charge in [0.1, 0.15) is 6.61 Å². The predicted octanol–water partition coefficient (Wildman–Crippen LogP) is 5.58. The molecule has 2 rings (SSSR count). The van der Waals surface area contributed by atoms with Crippen molar-refractivity contribution in [2.75, 3.05) is 11.9 Å². The molecule has 5 heteroatoms. The summed E-state index contributed by atoms with van der Waals surface area (Å²) >= 11 is 18.4. The lowest BCUT2D eigenvalue weighted by molar-refractivity contribution is 0.371. The Morgan fingerprint density at radius 1 is 1.09 bits per heavy atom. The van der Waals surface area contributed by atoms with E-state index in [1.165, 1.54) is 0 Å². The molecule has 0 saturated carbocycles. The van der Waals surface area contributed by atoms with E-state index in [9.17, 15) is 0 Å². The highest BCUT2D eigenvalue weighted by Crippen LogP contribution is 2.34. The molecule has 0 saturated heterocycles. The fourth-order valence-corrected chi connectivity index (χ4v) is 2.70. The molecular weight excluding hydrogens is 341 g/mol. The van der Waals surface area contributed by atoms with E-state index in [0.29, 0.717) is 22.3 Å². The monoisotopic (exact) mass is 353 g/mol. The van der Waals surface area contributed by atoms with E-state index in [0.717, 1.165) is 21.8 Å². The summed E-state index contributed by atoms with van der Waals surface area (Å²) < 4.78 is 5.33. The van der Waals surface area contributed by atoms with Gasteiger partial charge in [-0.25, -0.2) is 0 Å². The minimum absolute atomic E-state index is 0.124. The summed E-state index contributed by atoms with van der Waals surface area (Å²) in [6.45, 7) is 2.65. The molecule has 22 heavy (non-hydrogen) atoms. The largest absolute Gasteiger partial charge is 0.478 e. The van der Waals surface area contributed by atoms with Crippen LogP contribution < -0.4 is 10.1 Å². The maximum Gasteiger partial charge on any atom is 0.157 e. The first kappa shape index (κ1) is 16.8. The van der Waals surface area contributed by atoms with Crippen molar-refractivity contribution in [3.63, 3.8) is 0 Å². The molecule has 0 radical (unpaired) electrons. The van der Waals surface area contributed by atoms with E-state index in [1.54, 1.807) is 12.1 Å². The number of hydrogen-bond acceptors (Lipinski definition) is 2. The summed E-state index contributed by atoms with van der Waals surface area (Å²) in [5.74, 6) is 2.78. The number of terminal acetylenes is 1. The standard InChI is InChI=1S/C17H14Cl3NO/c1-3-6-22-17-15(19)7-12(8-16(17)20)10-21-13-5-4-11(2)14(18)9-13/h1,4-5,7-9,21H,6,10H2,2H3. The number of halogens is 3. The summed E-state index contributed by atoms with van der Waals surface area (Å²) in [5.41, 5.74) is 2.89. The number of ether oxygens (including phenoxy) is 1. The molecule has 2 nitrogen and oxygen atoms in total. The highest BCUT2D eigenvalue weighted by Gasteiger charge is 2.09. The molecule has 0 spiro atoms. The Hall–Kier alpha value is -1.53. The quantitative estimate of drug-likeness (QED) is 0.708. The number of benzene rings is 2. The van der Waals surface area contributed by atoms with Crippen molar-refractivity contribution in [1.82, 2.24) is 0 Å². The van der Waals surface area contributed by atoms with Gasteiger partial charge in [0, 0.05) is 17.3 Å². The van der Waals surface area contributed by atoms with Crippen LogP contribution in [0.4, 0.5) is 5.69 Å². The normalized spacial score (nSPS) is 10.1. The second kappa shape index (κ2) is 7.65. The molecule has 0 amide bonds. The van der Waals surface area contributed by atoms with Crippen LogP contribution in [-0.2, 0) is 6.54 Å². The van der Waals surface area contributed by atoms with E-state index in [-0.39, 0.29) is 6.61 Å². The van der Waals surface area contributed by atoms with Gasteiger partial charge in [0.05, 0.1) is 10.0 Å². The molecular formula is C17H14Cl3NO. The van der Waals surface area contributed by atoms with Crippen molar-refractivity contribution in [1.29, 1.82) is 0 Å². The molecule has 0 heterocycles. The molecule has 0 fully saturated rings. The molecule has 0 aliphatic carbocycles. The molecule has 0 unspecified atom stereocenters. The first-order valence-electron chi connectivity index (χ1n) is 6.55. The molecule has 2 aromatic rings. The van der Waals surface area contributed by atoms with Crippen molar-refractivity contribution in [2.45, 2.75) is 13.5 Å². The van der Waals surface area contributed by atoms with E-state index >= 15 is 0 Å². The molecule has 2 aromatic carbocycles. The topological polar surface area (TPSA) is 21.3 Å². The highest BCUT2D eigenvalue weighted by atomic mass is 35.5. The second-order valence-corrected chi connectivity index (χ2v) is 5.92. The third-order valence-electron chi connectivity index (χ3n) is 3.03. The lowest BCUT2D eigenvalue weighted by Crippen LogP contribution is -2.01. The zero-order chi connectivity index (χ0) is 16.1. The molecule has 0 aliphatic rings. The fourth-order valence-electron chi connectivity index (χ4n) is 1.87. The summed E-state index contributed by atoms with van der Waals surface area (Å²) in [6.07, 6.45) is 5.16. The molecule has 0 aromatic heterocycles. The Kier molecular flexibility index (Phi) is 5.85. The molecule has 0 aliphatic heterocycles. The maximum atomic E-state index is 6.17. The van der Waals surface area contributed by atoms with Gasteiger partial charge in [0.15, 0.2) is 5.75 Å². The number of rotatable bonds is 5. The average Bonchev–Trinajstić information content (AvgIpc) is 2.48. The second-order valence-electron chi connectivity index (χ2n) is 4.70. The van der Waals surface area contributed by atoms with Crippen molar-refractivity contribution < 1.29 is 4.74 Å². The van der Waals surface area contributed by atoms with Crippen molar-refractivity contribution in [2.24, 2.45) is 0 Å². The smallest absolute Gasteiger partial charge is 0.157 e. The molecule has 0 atom stereocenters. The third-order valence-corrected chi connectivity index (χ3v) is 4.00. The Morgan fingerprint density at radius 2 is 1.77 bits per heavy atom. The van der Waals surface area contributed by atoms with Crippen LogP contribution in [-0.4, -0.2) is 6.61 Å². The SMILES string of the molecule is C#CCOc1c(Cl)cc(CNc2ccc(C)c(Cl)c2)cc1Cl. The number of anilines is 1. The van der Waals surface area contributed by atoms with E-state index in [4.69, 9.17) is 46.0 Å². The Bertz CT molecular complexity index is 699. The van der Waals surface area contributed by atoms with E-state index < -0.39 is 0 Å².